The standard InChI is InChI=1S/C20H30N4O.HI/c21-20(23-17-9-3-1-2-4-10-17)22-14-7-12-19(25)24-15-13-16-8-5-6-11-18(16)24;/h5-6,8,11,17H,1-4,7,9-10,12-15H2,(H3,21,22,23);1H. The fourth-order valence-electron chi connectivity index (χ4n) is 3.84. The second kappa shape index (κ2) is 10.7. The molecular weight excluding hydrogens is 439 g/mol. The summed E-state index contributed by atoms with van der Waals surface area (Å²) in [5.41, 5.74) is 8.35. The van der Waals surface area contributed by atoms with Crippen molar-refractivity contribution >= 4 is 41.5 Å². The molecule has 26 heavy (non-hydrogen) atoms. The molecule has 2 aliphatic rings. The summed E-state index contributed by atoms with van der Waals surface area (Å²) in [7, 11) is 0. The maximum atomic E-state index is 12.4. The number of carbonyl (C=O) groups excluding carboxylic acids is 1. The molecule has 1 heterocycles. The van der Waals surface area contributed by atoms with Crippen molar-refractivity contribution in [3.8, 4) is 0 Å². The van der Waals surface area contributed by atoms with Crippen LogP contribution < -0.4 is 16.0 Å². The maximum absolute atomic E-state index is 12.4. The number of aliphatic imine (C=N–C) groups is 1. The molecule has 0 unspecified atom stereocenters. The van der Waals surface area contributed by atoms with E-state index in [4.69, 9.17) is 5.73 Å². The Labute approximate surface area is 173 Å². The lowest BCUT2D eigenvalue weighted by Gasteiger charge is -2.17. The molecule has 1 aliphatic heterocycles. The summed E-state index contributed by atoms with van der Waals surface area (Å²) in [6.07, 6.45) is 9.80. The smallest absolute Gasteiger partial charge is 0.227 e. The molecule has 6 heteroatoms. The van der Waals surface area contributed by atoms with Crippen LogP contribution >= 0.6 is 24.0 Å². The molecular formula is C20H31IN4O. The summed E-state index contributed by atoms with van der Waals surface area (Å²) in [6.45, 7) is 1.40. The normalized spacial score (nSPS) is 18.0. The highest BCUT2D eigenvalue weighted by Gasteiger charge is 2.23. The first kappa shape index (κ1) is 21.0. The molecule has 1 aromatic carbocycles. The SMILES string of the molecule is I.NC(=NCCCC(=O)N1CCc2ccccc21)NC1CCCCCC1. The first-order valence-electron chi connectivity index (χ1n) is 9.69. The molecule has 5 nitrogen and oxygen atoms in total. The number of guanidine groups is 1. The lowest BCUT2D eigenvalue weighted by molar-refractivity contribution is -0.118. The predicted octanol–water partition coefficient (Wildman–Crippen LogP) is 3.60. The van der Waals surface area contributed by atoms with E-state index < -0.39 is 0 Å². The van der Waals surface area contributed by atoms with Crippen LogP contribution in [0, 0.1) is 0 Å². The second-order valence-electron chi connectivity index (χ2n) is 7.13. The van der Waals surface area contributed by atoms with E-state index in [0.29, 0.717) is 25.0 Å². The number of benzene rings is 1. The number of anilines is 1. The summed E-state index contributed by atoms with van der Waals surface area (Å²) < 4.78 is 0. The van der Waals surface area contributed by atoms with Gasteiger partial charge in [-0.05, 0) is 37.3 Å². The summed E-state index contributed by atoms with van der Waals surface area (Å²) in [4.78, 5) is 18.8. The van der Waals surface area contributed by atoms with Gasteiger partial charge in [0, 0.05) is 31.2 Å². The number of hydrogen-bond donors (Lipinski definition) is 2. The number of fused-ring (bicyclic) bond motifs is 1. The van der Waals surface area contributed by atoms with E-state index >= 15 is 0 Å². The van der Waals surface area contributed by atoms with Gasteiger partial charge in [0.05, 0.1) is 0 Å². The van der Waals surface area contributed by atoms with Crippen LogP contribution in [0.1, 0.15) is 56.9 Å². The van der Waals surface area contributed by atoms with E-state index in [0.717, 1.165) is 25.1 Å². The highest BCUT2D eigenvalue weighted by atomic mass is 127. The molecule has 0 radical (unpaired) electrons. The van der Waals surface area contributed by atoms with Crippen molar-refractivity contribution < 1.29 is 4.79 Å². The van der Waals surface area contributed by atoms with Crippen molar-refractivity contribution in [1.29, 1.82) is 0 Å². The van der Waals surface area contributed by atoms with Gasteiger partial charge >= 0.3 is 0 Å². The van der Waals surface area contributed by atoms with Crippen molar-refractivity contribution in [2.75, 3.05) is 18.0 Å². The number of halogens is 1. The molecule has 1 saturated carbocycles. The van der Waals surface area contributed by atoms with Gasteiger partial charge in [-0.3, -0.25) is 9.79 Å². The molecule has 0 bridgehead atoms. The molecule has 3 rings (SSSR count). The average Bonchev–Trinajstić information content (AvgIpc) is 2.89. The van der Waals surface area contributed by atoms with Gasteiger partial charge in [0.1, 0.15) is 0 Å². The Morgan fingerprint density at radius 1 is 1.19 bits per heavy atom. The monoisotopic (exact) mass is 470 g/mol. The van der Waals surface area contributed by atoms with Crippen molar-refractivity contribution in [2.24, 2.45) is 10.7 Å². The molecule has 3 N–H and O–H groups in total. The van der Waals surface area contributed by atoms with E-state index in [1.54, 1.807) is 0 Å². The Morgan fingerprint density at radius 3 is 2.69 bits per heavy atom. The van der Waals surface area contributed by atoms with Crippen LogP contribution in [0.4, 0.5) is 5.69 Å². The lowest BCUT2D eigenvalue weighted by Crippen LogP contribution is -2.40. The number of nitrogens with one attached hydrogen (secondary N) is 1. The summed E-state index contributed by atoms with van der Waals surface area (Å²) >= 11 is 0. The number of rotatable bonds is 5. The van der Waals surface area contributed by atoms with Gasteiger partial charge in [0.2, 0.25) is 5.91 Å². The third-order valence-corrected chi connectivity index (χ3v) is 5.23. The topological polar surface area (TPSA) is 70.7 Å². The molecule has 0 saturated heterocycles. The van der Waals surface area contributed by atoms with Crippen molar-refractivity contribution in [3.63, 3.8) is 0 Å². The zero-order valence-corrected chi connectivity index (χ0v) is 17.8. The second-order valence-corrected chi connectivity index (χ2v) is 7.13. The molecule has 0 aromatic heterocycles. The van der Waals surface area contributed by atoms with Crippen LogP contribution in [0.2, 0.25) is 0 Å². The van der Waals surface area contributed by atoms with Crippen LogP contribution in [-0.4, -0.2) is 31.0 Å². The Hall–Kier alpha value is -1.31. The number of para-hydroxylation sites is 1. The van der Waals surface area contributed by atoms with Crippen LogP contribution in [0.3, 0.4) is 0 Å². The number of nitrogens with zero attached hydrogens (tertiary/aromatic N) is 2. The molecule has 1 aromatic rings. The molecule has 1 aliphatic carbocycles. The highest BCUT2D eigenvalue weighted by Crippen LogP contribution is 2.28. The van der Waals surface area contributed by atoms with E-state index in [1.807, 2.05) is 23.1 Å². The van der Waals surface area contributed by atoms with Crippen molar-refractivity contribution in [2.45, 2.75) is 63.8 Å². The van der Waals surface area contributed by atoms with Crippen LogP contribution in [0.5, 0.6) is 0 Å². The van der Waals surface area contributed by atoms with Gasteiger partial charge in [-0.1, -0.05) is 43.9 Å². The van der Waals surface area contributed by atoms with Gasteiger partial charge in [-0.2, -0.15) is 0 Å². The summed E-state index contributed by atoms with van der Waals surface area (Å²) in [5.74, 6) is 0.723. The molecule has 1 fully saturated rings. The Kier molecular flexibility index (Phi) is 8.68. The minimum Gasteiger partial charge on any atom is -0.370 e. The van der Waals surface area contributed by atoms with Gasteiger partial charge in [0.25, 0.3) is 0 Å². The predicted molar refractivity (Wildman–Crippen MR) is 118 cm³/mol. The van der Waals surface area contributed by atoms with E-state index in [2.05, 4.69) is 16.4 Å². The van der Waals surface area contributed by atoms with Gasteiger partial charge in [-0.25, -0.2) is 0 Å². The Morgan fingerprint density at radius 2 is 1.92 bits per heavy atom. The van der Waals surface area contributed by atoms with Crippen molar-refractivity contribution in [3.05, 3.63) is 29.8 Å². The number of carbonyl (C=O) groups is 1. The first-order valence-corrected chi connectivity index (χ1v) is 9.69. The number of nitrogens with two attached hydrogens (primary N) is 1. The third-order valence-electron chi connectivity index (χ3n) is 5.23. The molecule has 0 atom stereocenters. The third kappa shape index (κ3) is 5.86. The van der Waals surface area contributed by atoms with E-state index in [1.165, 1.54) is 44.1 Å². The summed E-state index contributed by atoms with van der Waals surface area (Å²) in [5, 5.41) is 3.35. The van der Waals surface area contributed by atoms with Crippen LogP contribution in [0.25, 0.3) is 0 Å². The van der Waals surface area contributed by atoms with E-state index in [9.17, 15) is 4.79 Å². The molecule has 0 spiro atoms. The number of amides is 1. The lowest BCUT2D eigenvalue weighted by atomic mass is 10.1. The summed E-state index contributed by atoms with van der Waals surface area (Å²) in [6, 6.07) is 8.63. The quantitative estimate of drug-likeness (QED) is 0.227. The fourth-order valence-corrected chi connectivity index (χ4v) is 3.84. The Balaban J connectivity index is 0.00000243. The van der Waals surface area contributed by atoms with Crippen LogP contribution in [0.15, 0.2) is 29.3 Å². The minimum atomic E-state index is 0. The zero-order chi connectivity index (χ0) is 17.5. The van der Waals surface area contributed by atoms with E-state index in [-0.39, 0.29) is 29.9 Å². The number of hydrogen-bond acceptors (Lipinski definition) is 2. The zero-order valence-electron chi connectivity index (χ0n) is 15.5. The van der Waals surface area contributed by atoms with Gasteiger partial charge in [0.15, 0.2) is 5.96 Å². The maximum Gasteiger partial charge on any atom is 0.227 e. The molecule has 144 valence electrons. The van der Waals surface area contributed by atoms with Crippen molar-refractivity contribution in [1.82, 2.24) is 5.32 Å². The highest BCUT2D eigenvalue weighted by molar-refractivity contribution is 14.0. The molecule has 1 amide bonds. The van der Waals surface area contributed by atoms with Gasteiger partial charge in [-0.15, -0.1) is 24.0 Å². The average molecular weight is 470 g/mol. The first-order chi connectivity index (χ1) is 12.2. The van der Waals surface area contributed by atoms with Gasteiger partial charge < -0.3 is 16.0 Å². The largest absolute Gasteiger partial charge is 0.370 e. The minimum absolute atomic E-state index is 0. The Bertz CT molecular complexity index is 612. The van der Waals surface area contributed by atoms with Crippen LogP contribution in [-0.2, 0) is 11.2 Å². The fraction of sp³-hybridized carbons (Fsp3) is 0.600.